The van der Waals surface area contributed by atoms with Gasteiger partial charge in [-0.3, -0.25) is 4.79 Å². The fourth-order valence-corrected chi connectivity index (χ4v) is 1.61. The highest BCUT2D eigenvalue weighted by molar-refractivity contribution is 7.80. The van der Waals surface area contributed by atoms with E-state index >= 15 is 0 Å². The normalized spacial score (nSPS) is 11.7. The summed E-state index contributed by atoms with van der Waals surface area (Å²) in [6, 6.07) is 7.54. The van der Waals surface area contributed by atoms with Gasteiger partial charge in [-0.2, -0.15) is 0 Å². The standard InChI is InChI=1S/C13H18N2OS/c1-4-9(2)13(17)15-12-8-6-5-7-11(12)14-10(3)16/h5-9H,4H2,1-3H3,(H,14,16)(H,15,17). The third-order valence-corrected chi connectivity index (χ3v) is 3.06. The molecule has 2 N–H and O–H groups in total. The minimum Gasteiger partial charge on any atom is -0.348 e. The molecule has 17 heavy (non-hydrogen) atoms. The van der Waals surface area contributed by atoms with Gasteiger partial charge in [0.15, 0.2) is 0 Å². The van der Waals surface area contributed by atoms with Crippen LogP contribution in [0.2, 0.25) is 0 Å². The van der Waals surface area contributed by atoms with Gasteiger partial charge in [0.05, 0.1) is 16.4 Å². The molecule has 1 amide bonds. The molecule has 0 aliphatic carbocycles. The lowest BCUT2D eigenvalue weighted by Crippen LogP contribution is -2.19. The van der Waals surface area contributed by atoms with Gasteiger partial charge >= 0.3 is 0 Å². The predicted molar refractivity (Wildman–Crippen MR) is 76.4 cm³/mol. The number of anilines is 2. The second kappa shape index (κ2) is 6.35. The van der Waals surface area contributed by atoms with Crippen molar-refractivity contribution in [1.29, 1.82) is 0 Å². The molecule has 0 fully saturated rings. The molecule has 0 aliphatic rings. The zero-order valence-electron chi connectivity index (χ0n) is 10.4. The molecule has 0 saturated heterocycles. The predicted octanol–water partition coefficient (Wildman–Crippen LogP) is 3.43. The van der Waals surface area contributed by atoms with E-state index in [1.165, 1.54) is 6.92 Å². The van der Waals surface area contributed by atoms with Gasteiger partial charge in [0.2, 0.25) is 5.91 Å². The topological polar surface area (TPSA) is 41.1 Å². The fraction of sp³-hybridized carbons (Fsp3) is 0.385. The number of thiocarbonyl (C=S) groups is 1. The third kappa shape index (κ3) is 4.15. The lowest BCUT2D eigenvalue weighted by Gasteiger charge is -2.16. The Labute approximate surface area is 108 Å². The van der Waals surface area contributed by atoms with E-state index in [2.05, 4.69) is 24.5 Å². The largest absolute Gasteiger partial charge is 0.348 e. The Hall–Kier alpha value is -1.42. The van der Waals surface area contributed by atoms with Crippen molar-refractivity contribution in [1.82, 2.24) is 0 Å². The number of carbonyl (C=O) groups excluding carboxylic acids is 1. The molecule has 1 unspecified atom stereocenters. The van der Waals surface area contributed by atoms with Crippen LogP contribution in [0.15, 0.2) is 24.3 Å². The van der Waals surface area contributed by atoms with Crippen LogP contribution in [-0.4, -0.2) is 10.9 Å². The number of nitrogens with one attached hydrogen (secondary N) is 2. The van der Waals surface area contributed by atoms with Crippen molar-refractivity contribution in [3.05, 3.63) is 24.3 Å². The van der Waals surface area contributed by atoms with Crippen molar-refractivity contribution in [3.8, 4) is 0 Å². The minimum absolute atomic E-state index is 0.0892. The molecular formula is C13H18N2OS. The molecule has 0 bridgehead atoms. The van der Waals surface area contributed by atoms with Crippen LogP contribution in [0.4, 0.5) is 11.4 Å². The van der Waals surface area contributed by atoms with Crippen LogP contribution in [0, 0.1) is 5.92 Å². The lowest BCUT2D eigenvalue weighted by atomic mass is 10.1. The average molecular weight is 250 g/mol. The molecule has 4 heteroatoms. The van der Waals surface area contributed by atoms with Crippen LogP contribution in [0.3, 0.4) is 0 Å². The summed E-state index contributed by atoms with van der Waals surface area (Å²) in [7, 11) is 0. The van der Waals surface area contributed by atoms with E-state index in [0.29, 0.717) is 5.92 Å². The molecule has 1 aromatic rings. The number of carbonyl (C=O) groups is 1. The number of amides is 1. The molecule has 0 radical (unpaired) electrons. The van der Waals surface area contributed by atoms with E-state index in [1.54, 1.807) is 0 Å². The second-order valence-electron chi connectivity index (χ2n) is 4.03. The summed E-state index contributed by atoms with van der Waals surface area (Å²) < 4.78 is 0. The van der Waals surface area contributed by atoms with E-state index in [0.717, 1.165) is 22.8 Å². The maximum atomic E-state index is 11.1. The molecule has 1 rings (SSSR count). The second-order valence-corrected chi connectivity index (χ2v) is 4.47. The van der Waals surface area contributed by atoms with Crippen LogP contribution >= 0.6 is 12.2 Å². The number of benzene rings is 1. The van der Waals surface area contributed by atoms with Gasteiger partial charge in [0.1, 0.15) is 0 Å². The lowest BCUT2D eigenvalue weighted by molar-refractivity contribution is -0.114. The summed E-state index contributed by atoms with van der Waals surface area (Å²) in [5, 5.41) is 5.96. The molecule has 0 saturated carbocycles. The van der Waals surface area contributed by atoms with Crippen LogP contribution < -0.4 is 10.6 Å². The molecule has 92 valence electrons. The van der Waals surface area contributed by atoms with Crippen molar-refractivity contribution >= 4 is 34.5 Å². The van der Waals surface area contributed by atoms with Gasteiger partial charge in [-0.15, -0.1) is 0 Å². The Kier molecular flexibility index (Phi) is 5.10. The van der Waals surface area contributed by atoms with Gasteiger partial charge in [-0.25, -0.2) is 0 Å². The molecule has 0 aliphatic heterocycles. The first-order chi connectivity index (χ1) is 8.04. The van der Waals surface area contributed by atoms with Crippen LogP contribution in [0.25, 0.3) is 0 Å². The van der Waals surface area contributed by atoms with Crippen LogP contribution in [-0.2, 0) is 4.79 Å². The molecule has 3 nitrogen and oxygen atoms in total. The third-order valence-electron chi connectivity index (χ3n) is 2.56. The summed E-state index contributed by atoms with van der Waals surface area (Å²) in [4.78, 5) is 11.9. The monoisotopic (exact) mass is 250 g/mol. The van der Waals surface area contributed by atoms with Crippen LogP contribution in [0.5, 0.6) is 0 Å². The van der Waals surface area contributed by atoms with Crippen molar-refractivity contribution in [2.24, 2.45) is 5.92 Å². The zero-order valence-corrected chi connectivity index (χ0v) is 11.2. The molecule has 0 aromatic heterocycles. The molecule has 0 heterocycles. The average Bonchev–Trinajstić information content (AvgIpc) is 2.29. The summed E-state index contributed by atoms with van der Waals surface area (Å²) in [5.41, 5.74) is 1.60. The first-order valence-electron chi connectivity index (χ1n) is 5.72. The van der Waals surface area contributed by atoms with E-state index in [-0.39, 0.29) is 5.91 Å². The smallest absolute Gasteiger partial charge is 0.221 e. The highest BCUT2D eigenvalue weighted by Gasteiger charge is 2.09. The van der Waals surface area contributed by atoms with Gasteiger partial charge < -0.3 is 10.6 Å². The maximum Gasteiger partial charge on any atom is 0.221 e. The first kappa shape index (κ1) is 13.6. The Bertz CT molecular complexity index is 418. The van der Waals surface area contributed by atoms with E-state index in [9.17, 15) is 4.79 Å². The van der Waals surface area contributed by atoms with Gasteiger partial charge in [-0.05, 0) is 18.6 Å². The van der Waals surface area contributed by atoms with Crippen molar-refractivity contribution in [2.75, 3.05) is 10.6 Å². The maximum absolute atomic E-state index is 11.1. The van der Waals surface area contributed by atoms with Crippen molar-refractivity contribution in [2.45, 2.75) is 27.2 Å². The molecule has 1 aromatic carbocycles. The molecule has 0 spiro atoms. The number of hydrogen-bond acceptors (Lipinski definition) is 2. The highest BCUT2D eigenvalue weighted by atomic mass is 32.1. The van der Waals surface area contributed by atoms with E-state index in [1.807, 2.05) is 24.3 Å². The number of para-hydroxylation sites is 2. The SMILES string of the molecule is CCC(C)C(=S)Nc1ccccc1NC(C)=O. The molecular weight excluding hydrogens is 232 g/mol. The van der Waals surface area contributed by atoms with E-state index in [4.69, 9.17) is 12.2 Å². The quantitative estimate of drug-likeness (QED) is 0.804. The summed E-state index contributed by atoms with van der Waals surface area (Å²) in [5.74, 6) is 0.240. The van der Waals surface area contributed by atoms with Crippen molar-refractivity contribution < 1.29 is 4.79 Å². The van der Waals surface area contributed by atoms with Crippen LogP contribution in [0.1, 0.15) is 27.2 Å². The molecule has 1 atom stereocenters. The van der Waals surface area contributed by atoms with Gasteiger partial charge in [0.25, 0.3) is 0 Å². The Morgan fingerprint density at radius 2 is 1.82 bits per heavy atom. The Balaban J connectivity index is 2.83. The minimum atomic E-state index is -0.0892. The Morgan fingerprint density at radius 1 is 1.29 bits per heavy atom. The summed E-state index contributed by atoms with van der Waals surface area (Å²) >= 11 is 5.31. The summed E-state index contributed by atoms with van der Waals surface area (Å²) in [6.07, 6.45) is 0.994. The highest BCUT2D eigenvalue weighted by Crippen LogP contribution is 2.22. The number of hydrogen-bond donors (Lipinski definition) is 2. The van der Waals surface area contributed by atoms with Gasteiger partial charge in [0, 0.05) is 12.8 Å². The Morgan fingerprint density at radius 3 is 2.29 bits per heavy atom. The fourth-order valence-electron chi connectivity index (χ4n) is 1.33. The van der Waals surface area contributed by atoms with Gasteiger partial charge in [-0.1, -0.05) is 38.2 Å². The number of rotatable bonds is 4. The first-order valence-corrected chi connectivity index (χ1v) is 6.13. The zero-order chi connectivity index (χ0) is 12.8. The van der Waals surface area contributed by atoms with Crippen molar-refractivity contribution in [3.63, 3.8) is 0 Å². The van der Waals surface area contributed by atoms with E-state index < -0.39 is 0 Å². The summed E-state index contributed by atoms with van der Waals surface area (Å²) in [6.45, 7) is 5.67.